The molecule has 106 valence electrons. The molecule has 1 N–H and O–H groups in total. The number of para-hydroxylation sites is 1. The summed E-state index contributed by atoms with van der Waals surface area (Å²) in [4.78, 5) is 15.3. The van der Waals surface area contributed by atoms with E-state index in [1.807, 2.05) is 0 Å². The number of nitrogens with one attached hydrogen (secondary N) is 1. The van der Waals surface area contributed by atoms with E-state index in [1.54, 1.807) is 13.8 Å². The molecule has 0 bridgehead atoms. The monoisotopic (exact) mass is 298 g/mol. The zero-order valence-electron chi connectivity index (χ0n) is 10.7. The van der Waals surface area contributed by atoms with Gasteiger partial charge >= 0.3 is 10.2 Å². The number of benzene rings is 1. The van der Waals surface area contributed by atoms with Crippen LogP contribution < -0.4 is 5.32 Å². The van der Waals surface area contributed by atoms with Crippen LogP contribution in [0.3, 0.4) is 0 Å². The second-order valence-corrected chi connectivity index (χ2v) is 5.35. The van der Waals surface area contributed by atoms with E-state index < -0.39 is 21.0 Å². The maximum absolute atomic E-state index is 13.1. The Labute approximate surface area is 114 Å². The number of oxazole rings is 1. The van der Waals surface area contributed by atoms with Crippen LogP contribution in [0.25, 0.3) is 0 Å². The molecule has 0 radical (unpaired) electrons. The van der Waals surface area contributed by atoms with Crippen LogP contribution in [-0.4, -0.2) is 19.3 Å². The Balaban J connectivity index is 2.36. The summed E-state index contributed by atoms with van der Waals surface area (Å²) in [6.07, 6.45) is 0. The van der Waals surface area contributed by atoms with Crippen molar-refractivity contribution >= 4 is 21.8 Å². The number of amides is 1. The maximum Gasteiger partial charge on any atom is 0.334 e. The van der Waals surface area contributed by atoms with Gasteiger partial charge in [0.15, 0.2) is 5.89 Å². The first-order valence-electron chi connectivity index (χ1n) is 5.58. The minimum absolute atomic E-state index is 0.0476. The van der Waals surface area contributed by atoms with Gasteiger partial charge in [0.2, 0.25) is 5.76 Å². The fourth-order valence-corrected chi connectivity index (χ4v) is 2.33. The van der Waals surface area contributed by atoms with Gasteiger partial charge in [-0.05, 0) is 19.1 Å². The zero-order valence-corrected chi connectivity index (χ0v) is 11.5. The Kier molecular flexibility index (Phi) is 3.58. The molecule has 0 saturated carbocycles. The average molecular weight is 298 g/mol. The predicted molar refractivity (Wildman–Crippen MR) is 68.7 cm³/mol. The van der Waals surface area contributed by atoms with Crippen molar-refractivity contribution in [3.63, 3.8) is 0 Å². The molecular formula is C12H11FN2O4S. The van der Waals surface area contributed by atoms with Crippen LogP contribution >= 0.6 is 0 Å². The van der Waals surface area contributed by atoms with Crippen molar-refractivity contribution in [2.24, 2.45) is 0 Å². The van der Waals surface area contributed by atoms with E-state index in [9.17, 15) is 17.1 Å². The van der Waals surface area contributed by atoms with Crippen LogP contribution in [0, 0.1) is 13.8 Å². The van der Waals surface area contributed by atoms with Crippen molar-refractivity contribution in [1.82, 2.24) is 4.98 Å². The highest BCUT2D eigenvalue weighted by Gasteiger charge is 2.21. The highest BCUT2D eigenvalue weighted by molar-refractivity contribution is 7.86. The van der Waals surface area contributed by atoms with Crippen molar-refractivity contribution in [1.29, 1.82) is 0 Å². The Morgan fingerprint density at radius 1 is 1.30 bits per heavy atom. The molecule has 1 amide bonds. The molecule has 1 aromatic heterocycles. The third kappa shape index (κ3) is 2.85. The molecule has 0 saturated heterocycles. The third-order valence-corrected chi connectivity index (χ3v) is 3.39. The van der Waals surface area contributed by atoms with Gasteiger partial charge in [0.1, 0.15) is 4.90 Å². The highest BCUT2D eigenvalue weighted by Crippen LogP contribution is 2.23. The zero-order chi connectivity index (χ0) is 14.9. The number of halogens is 1. The van der Waals surface area contributed by atoms with E-state index >= 15 is 0 Å². The van der Waals surface area contributed by atoms with Crippen molar-refractivity contribution in [3.8, 4) is 0 Å². The first-order chi connectivity index (χ1) is 9.29. The molecule has 0 aliphatic heterocycles. The van der Waals surface area contributed by atoms with E-state index in [4.69, 9.17) is 4.42 Å². The molecule has 0 unspecified atom stereocenters. The molecule has 6 nitrogen and oxygen atoms in total. The Hall–Kier alpha value is -2.22. The number of rotatable bonds is 3. The number of nitrogens with zero attached hydrogens (tertiary/aromatic N) is 1. The van der Waals surface area contributed by atoms with Gasteiger partial charge in [-0.3, -0.25) is 4.79 Å². The van der Waals surface area contributed by atoms with Crippen molar-refractivity contribution in [3.05, 3.63) is 41.6 Å². The van der Waals surface area contributed by atoms with Gasteiger partial charge in [0, 0.05) is 6.92 Å². The lowest BCUT2D eigenvalue weighted by Crippen LogP contribution is -2.14. The topological polar surface area (TPSA) is 89.3 Å². The number of hydrogen-bond acceptors (Lipinski definition) is 5. The predicted octanol–water partition coefficient (Wildman–Crippen LogP) is 2.20. The van der Waals surface area contributed by atoms with Gasteiger partial charge in [-0.1, -0.05) is 12.1 Å². The fourth-order valence-electron chi connectivity index (χ4n) is 1.70. The van der Waals surface area contributed by atoms with E-state index in [0.29, 0.717) is 11.6 Å². The second-order valence-electron chi connectivity index (χ2n) is 4.04. The van der Waals surface area contributed by atoms with Crippen molar-refractivity contribution in [2.75, 3.05) is 5.32 Å². The molecule has 0 aliphatic carbocycles. The Bertz CT molecular complexity index is 768. The fraction of sp³-hybridized carbons (Fsp3) is 0.167. The van der Waals surface area contributed by atoms with Gasteiger partial charge in [-0.25, -0.2) is 4.98 Å². The van der Waals surface area contributed by atoms with E-state index in [0.717, 1.165) is 6.07 Å². The SMILES string of the molecule is Cc1nc(C)c(C(=O)Nc2ccccc2S(=O)(=O)F)o1. The number of hydrogen-bond donors (Lipinski definition) is 1. The van der Waals surface area contributed by atoms with Crippen molar-refractivity contribution in [2.45, 2.75) is 18.7 Å². The third-order valence-electron chi connectivity index (χ3n) is 2.51. The molecule has 2 rings (SSSR count). The van der Waals surface area contributed by atoms with E-state index in [2.05, 4.69) is 10.3 Å². The quantitative estimate of drug-likeness (QED) is 0.877. The molecule has 0 aliphatic rings. The Morgan fingerprint density at radius 2 is 1.95 bits per heavy atom. The molecule has 0 spiro atoms. The van der Waals surface area contributed by atoms with Crippen LogP contribution in [-0.2, 0) is 10.2 Å². The molecule has 2 aromatic rings. The van der Waals surface area contributed by atoms with E-state index in [-0.39, 0.29) is 11.4 Å². The molecular weight excluding hydrogens is 287 g/mol. The average Bonchev–Trinajstić information content (AvgIpc) is 2.68. The summed E-state index contributed by atoms with van der Waals surface area (Å²) in [5.74, 6) is -0.438. The lowest BCUT2D eigenvalue weighted by Gasteiger charge is -2.06. The smallest absolute Gasteiger partial charge is 0.334 e. The van der Waals surface area contributed by atoms with Crippen molar-refractivity contribution < 1.29 is 21.5 Å². The first-order valence-corrected chi connectivity index (χ1v) is 6.96. The lowest BCUT2D eigenvalue weighted by molar-refractivity contribution is 0.0994. The van der Waals surface area contributed by atoms with Crippen LogP contribution in [0.15, 0.2) is 33.6 Å². The van der Waals surface area contributed by atoms with Gasteiger partial charge in [-0.2, -0.15) is 8.42 Å². The summed E-state index contributed by atoms with van der Waals surface area (Å²) >= 11 is 0. The molecule has 1 aromatic carbocycles. The second kappa shape index (κ2) is 5.04. The van der Waals surface area contributed by atoms with Gasteiger partial charge in [0.05, 0.1) is 11.4 Å². The summed E-state index contributed by atoms with van der Waals surface area (Å²) < 4.78 is 40.2. The van der Waals surface area contributed by atoms with Gasteiger partial charge in [-0.15, -0.1) is 3.89 Å². The number of anilines is 1. The normalized spacial score (nSPS) is 11.3. The van der Waals surface area contributed by atoms with Gasteiger partial charge < -0.3 is 9.73 Å². The summed E-state index contributed by atoms with van der Waals surface area (Å²) in [6.45, 7) is 3.15. The van der Waals surface area contributed by atoms with Gasteiger partial charge in [0.25, 0.3) is 5.91 Å². The summed E-state index contributed by atoms with van der Waals surface area (Å²) in [5, 5.41) is 2.30. The standard InChI is InChI=1S/C12H11FN2O4S/c1-7-11(19-8(2)14-7)12(16)15-9-5-3-4-6-10(9)20(13,17)18/h3-6H,1-2H3,(H,15,16). The minimum atomic E-state index is -4.93. The molecule has 8 heteroatoms. The lowest BCUT2D eigenvalue weighted by atomic mass is 10.3. The molecule has 0 fully saturated rings. The molecule has 20 heavy (non-hydrogen) atoms. The first kappa shape index (κ1) is 14.2. The highest BCUT2D eigenvalue weighted by atomic mass is 32.3. The van der Waals surface area contributed by atoms with Crippen LogP contribution in [0.2, 0.25) is 0 Å². The summed E-state index contributed by atoms with van der Waals surface area (Å²) in [5.41, 5.74) is 0.203. The van der Waals surface area contributed by atoms with Crippen LogP contribution in [0.5, 0.6) is 0 Å². The van der Waals surface area contributed by atoms with Crippen LogP contribution in [0.1, 0.15) is 22.1 Å². The minimum Gasteiger partial charge on any atom is -0.436 e. The number of carbonyl (C=O) groups is 1. The largest absolute Gasteiger partial charge is 0.436 e. The summed E-state index contributed by atoms with van der Waals surface area (Å²) in [7, 11) is -4.93. The van der Waals surface area contributed by atoms with Crippen LogP contribution in [0.4, 0.5) is 9.57 Å². The molecule has 1 heterocycles. The number of aromatic nitrogens is 1. The Morgan fingerprint density at radius 3 is 2.50 bits per heavy atom. The maximum atomic E-state index is 13.1. The molecule has 0 atom stereocenters. The van der Waals surface area contributed by atoms with E-state index in [1.165, 1.54) is 18.2 Å². The summed E-state index contributed by atoms with van der Waals surface area (Å²) in [6, 6.07) is 5.17. The number of aryl methyl sites for hydroxylation is 2. The number of carbonyl (C=O) groups excluding carboxylic acids is 1.